The Morgan fingerprint density at radius 2 is 1.85 bits per heavy atom. The van der Waals surface area contributed by atoms with Crippen LogP contribution in [-0.2, 0) is 14.8 Å². The first kappa shape index (κ1) is 23.4. The van der Waals surface area contributed by atoms with Crippen LogP contribution in [0.4, 0.5) is 10.1 Å². The maximum atomic E-state index is 13.1. The lowest BCUT2D eigenvalue weighted by atomic mass is 10.1. The fourth-order valence-electron chi connectivity index (χ4n) is 3.61. The van der Waals surface area contributed by atoms with Crippen LogP contribution in [0, 0.1) is 5.82 Å². The predicted octanol–water partition coefficient (Wildman–Crippen LogP) is 3.49. The number of anilines is 1. The van der Waals surface area contributed by atoms with E-state index >= 15 is 0 Å². The van der Waals surface area contributed by atoms with E-state index in [9.17, 15) is 17.6 Å². The van der Waals surface area contributed by atoms with E-state index in [1.54, 1.807) is 17.4 Å². The van der Waals surface area contributed by atoms with Crippen LogP contribution in [0.25, 0.3) is 0 Å². The summed E-state index contributed by atoms with van der Waals surface area (Å²) in [6.45, 7) is 3.25. The van der Waals surface area contributed by atoms with Crippen molar-refractivity contribution < 1.29 is 22.3 Å². The second-order valence-electron chi connectivity index (χ2n) is 7.53. The van der Waals surface area contributed by atoms with Gasteiger partial charge in [0.2, 0.25) is 0 Å². The molecule has 0 bridgehead atoms. The highest BCUT2D eigenvalue weighted by Crippen LogP contribution is 2.25. The van der Waals surface area contributed by atoms with Gasteiger partial charge in [0, 0.05) is 35.8 Å². The Morgan fingerprint density at radius 3 is 2.55 bits per heavy atom. The molecule has 4 rings (SSSR count). The summed E-state index contributed by atoms with van der Waals surface area (Å²) in [6.07, 6.45) is 0. The Hall–Kier alpha value is -2.79. The summed E-state index contributed by atoms with van der Waals surface area (Å²) < 4.78 is 46.4. The number of benzene rings is 2. The molecular weight excluding hydrogens is 465 g/mol. The Balaban J connectivity index is 1.46. The number of sulfonamides is 1. The fraction of sp³-hybridized carbons (Fsp3) is 0.261. The number of carbonyl (C=O) groups is 1. The van der Waals surface area contributed by atoms with E-state index in [0.29, 0.717) is 19.8 Å². The van der Waals surface area contributed by atoms with Crippen molar-refractivity contribution >= 4 is 33.0 Å². The van der Waals surface area contributed by atoms with Crippen LogP contribution in [0.2, 0.25) is 0 Å². The van der Waals surface area contributed by atoms with E-state index in [4.69, 9.17) is 4.74 Å². The average Bonchev–Trinajstić information content (AvgIpc) is 3.36. The summed E-state index contributed by atoms with van der Waals surface area (Å²) in [5.74, 6) is -0.821. The van der Waals surface area contributed by atoms with Crippen molar-refractivity contribution in [2.24, 2.45) is 0 Å². The molecule has 1 atom stereocenters. The minimum atomic E-state index is -3.94. The third kappa shape index (κ3) is 5.97. The summed E-state index contributed by atoms with van der Waals surface area (Å²) in [6, 6.07) is 14.9. The number of hydrogen-bond donors (Lipinski definition) is 2. The van der Waals surface area contributed by atoms with Crippen molar-refractivity contribution in [2.75, 3.05) is 37.6 Å². The summed E-state index contributed by atoms with van der Waals surface area (Å²) in [5, 5.41) is 4.95. The van der Waals surface area contributed by atoms with Crippen LogP contribution >= 0.6 is 11.3 Å². The maximum Gasteiger partial charge on any atom is 0.261 e. The molecule has 1 fully saturated rings. The highest BCUT2D eigenvalue weighted by Gasteiger charge is 2.24. The lowest BCUT2D eigenvalue weighted by Gasteiger charge is -2.34. The quantitative estimate of drug-likeness (QED) is 0.506. The zero-order valence-corrected chi connectivity index (χ0v) is 19.4. The van der Waals surface area contributed by atoms with Gasteiger partial charge in [-0.15, -0.1) is 11.3 Å². The predicted molar refractivity (Wildman–Crippen MR) is 125 cm³/mol. The van der Waals surface area contributed by atoms with Crippen LogP contribution in [0.1, 0.15) is 21.3 Å². The van der Waals surface area contributed by atoms with Gasteiger partial charge in [0.25, 0.3) is 15.9 Å². The van der Waals surface area contributed by atoms with Crippen LogP contribution < -0.4 is 10.0 Å². The number of morpholine rings is 1. The van der Waals surface area contributed by atoms with E-state index in [-0.39, 0.29) is 28.1 Å². The Kier molecular flexibility index (Phi) is 7.39. The Labute approximate surface area is 196 Å². The monoisotopic (exact) mass is 489 g/mol. The van der Waals surface area contributed by atoms with Crippen molar-refractivity contribution in [1.82, 2.24) is 10.2 Å². The van der Waals surface area contributed by atoms with Crippen LogP contribution in [-0.4, -0.2) is 52.1 Å². The molecule has 10 heteroatoms. The zero-order chi connectivity index (χ0) is 23.3. The molecule has 1 saturated heterocycles. The first-order valence-corrected chi connectivity index (χ1v) is 12.8. The number of thiophene rings is 1. The zero-order valence-electron chi connectivity index (χ0n) is 17.7. The molecule has 2 heterocycles. The second kappa shape index (κ2) is 10.4. The molecular formula is C23H24FN3O4S2. The smallest absolute Gasteiger partial charge is 0.261 e. The van der Waals surface area contributed by atoms with E-state index < -0.39 is 15.8 Å². The standard InChI is InChI=1S/C23H24FN3O4S2/c24-18-6-8-19(9-7-18)26-33(29,30)20-4-1-3-17(15-20)23(28)25-16-21(22-5-2-14-32-22)27-10-12-31-13-11-27/h1-9,14-15,21,26H,10-13,16H2,(H,25,28)/t21-/m1/s1. The molecule has 2 aromatic carbocycles. The van der Waals surface area contributed by atoms with Gasteiger partial charge in [-0.1, -0.05) is 12.1 Å². The topological polar surface area (TPSA) is 87.7 Å². The van der Waals surface area contributed by atoms with Crippen LogP contribution in [0.3, 0.4) is 0 Å². The van der Waals surface area contributed by atoms with E-state index in [2.05, 4.69) is 14.9 Å². The number of nitrogens with zero attached hydrogens (tertiary/aromatic N) is 1. The third-order valence-electron chi connectivity index (χ3n) is 5.32. The first-order valence-electron chi connectivity index (χ1n) is 10.4. The van der Waals surface area contributed by atoms with Gasteiger partial charge in [0.1, 0.15) is 5.82 Å². The second-order valence-corrected chi connectivity index (χ2v) is 10.2. The molecule has 0 spiro atoms. The molecule has 0 unspecified atom stereocenters. The molecule has 1 aliphatic rings. The number of ether oxygens (including phenoxy) is 1. The minimum Gasteiger partial charge on any atom is -0.379 e. The summed E-state index contributed by atoms with van der Waals surface area (Å²) in [4.78, 5) is 16.2. The summed E-state index contributed by atoms with van der Waals surface area (Å²) in [7, 11) is -3.94. The lowest BCUT2D eigenvalue weighted by Crippen LogP contribution is -2.43. The average molecular weight is 490 g/mol. The van der Waals surface area contributed by atoms with Gasteiger partial charge < -0.3 is 10.1 Å². The highest BCUT2D eigenvalue weighted by molar-refractivity contribution is 7.92. The van der Waals surface area contributed by atoms with Gasteiger partial charge in [0.05, 0.1) is 24.2 Å². The molecule has 0 radical (unpaired) electrons. The molecule has 1 amide bonds. The number of rotatable bonds is 8. The first-order chi connectivity index (χ1) is 15.9. The SMILES string of the molecule is O=C(NC[C@H](c1cccs1)N1CCOCC1)c1cccc(S(=O)(=O)Nc2ccc(F)cc2)c1. The van der Waals surface area contributed by atoms with Crippen molar-refractivity contribution in [3.63, 3.8) is 0 Å². The van der Waals surface area contributed by atoms with Gasteiger partial charge >= 0.3 is 0 Å². The van der Waals surface area contributed by atoms with Gasteiger partial charge in [-0.25, -0.2) is 12.8 Å². The van der Waals surface area contributed by atoms with Crippen molar-refractivity contribution in [3.05, 3.63) is 82.3 Å². The molecule has 7 nitrogen and oxygen atoms in total. The normalized spacial score (nSPS) is 15.7. The van der Waals surface area contributed by atoms with Gasteiger partial charge in [-0.3, -0.25) is 14.4 Å². The van der Waals surface area contributed by atoms with Crippen molar-refractivity contribution in [3.8, 4) is 0 Å². The third-order valence-corrected chi connectivity index (χ3v) is 7.67. The van der Waals surface area contributed by atoms with E-state index in [1.165, 1.54) is 42.5 Å². The number of hydrogen-bond acceptors (Lipinski definition) is 6. The molecule has 174 valence electrons. The minimum absolute atomic E-state index is 0.0184. The lowest BCUT2D eigenvalue weighted by molar-refractivity contribution is 0.0169. The molecule has 3 aromatic rings. The Bertz CT molecular complexity index is 1180. The molecule has 0 saturated carbocycles. The molecule has 2 N–H and O–H groups in total. The summed E-state index contributed by atoms with van der Waals surface area (Å²) >= 11 is 1.63. The number of nitrogens with one attached hydrogen (secondary N) is 2. The number of halogens is 1. The maximum absolute atomic E-state index is 13.1. The highest BCUT2D eigenvalue weighted by atomic mass is 32.2. The van der Waals surface area contributed by atoms with Crippen molar-refractivity contribution in [1.29, 1.82) is 0 Å². The van der Waals surface area contributed by atoms with Crippen LogP contribution in [0.15, 0.2) is 70.9 Å². The molecule has 0 aliphatic carbocycles. The molecule has 1 aromatic heterocycles. The van der Waals surface area contributed by atoms with Crippen LogP contribution in [0.5, 0.6) is 0 Å². The Morgan fingerprint density at radius 1 is 1.09 bits per heavy atom. The largest absolute Gasteiger partial charge is 0.379 e. The molecule has 33 heavy (non-hydrogen) atoms. The fourth-order valence-corrected chi connectivity index (χ4v) is 5.57. The van der Waals surface area contributed by atoms with Gasteiger partial charge in [-0.2, -0.15) is 0 Å². The van der Waals surface area contributed by atoms with Gasteiger partial charge in [0.15, 0.2) is 0 Å². The number of amides is 1. The van der Waals surface area contributed by atoms with Crippen molar-refractivity contribution in [2.45, 2.75) is 10.9 Å². The summed E-state index contributed by atoms with van der Waals surface area (Å²) in [5.41, 5.74) is 0.472. The molecule has 1 aliphatic heterocycles. The van der Waals surface area contributed by atoms with Gasteiger partial charge in [-0.05, 0) is 53.9 Å². The van der Waals surface area contributed by atoms with E-state index in [1.807, 2.05) is 17.5 Å². The van der Waals surface area contributed by atoms with E-state index in [0.717, 1.165) is 18.0 Å². The number of carbonyl (C=O) groups excluding carboxylic acids is 1.